The van der Waals surface area contributed by atoms with Crippen LogP contribution in [0.2, 0.25) is 0 Å². The van der Waals surface area contributed by atoms with E-state index in [0.717, 1.165) is 44.0 Å². The van der Waals surface area contributed by atoms with Crippen molar-refractivity contribution in [3.05, 3.63) is 59.4 Å². The molecule has 3 rings (SSSR count). The van der Waals surface area contributed by atoms with Crippen molar-refractivity contribution in [2.45, 2.75) is 13.5 Å². The highest BCUT2D eigenvalue weighted by Gasteiger charge is 2.19. The minimum Gasteiger partial charge on any atom is -0.497 e. The van der Waals surface area contributed by atoms with E-state index in [-0.39, 0.29) is 18.1 Å². The number of hydrogen-bond acceptors (Lipinski definition) is 4. The van der Waals surface area contributed by atoms with Crippen LogP contribution in [-0.2, 0) is 11.3 Å². The molecule has 0 radical (unpaired) electrons. The van der Waals surface area contributed by atoms with Crippen LogP contribution in [-0.4, -0.2) is 55.5 Å². The molecule has 0 saturated carbocycles. The lowest BCUT2D eigenvalue weighted by molar-refractivity contribution is -0.117. The van der Waals surface area contributed by atoms with Crippen LogP contribution in [0.4, 0.5) is 10.1 Å². The third-order valence-electron chi connectivity index (χ3n) is 4.80. The van der Waals surface area contributed by atoms with Crippen molar-refractivity contribution in [2.24, 2.45) is 0 Å². The van der Waals surface area contributed by atoms with Crippen LogP contribution in [0.1, 0.15) is 11.1 Å². The number of aryl methyl sites for hydroxylation is 1. The van der Waals surface area contributed by atoms with Crippen LogP contribution in [0.3, 0.4) is 0 Å². The number of anilines is 1. The van der Waals surface area contributed by atoms with Gasteiger partial charge in [-0.1, -0.05) is 18.2 Å². The summed E-state index contributed by atoms with van der Waals surface area (Å²) in [5.41, 5.74) is 2.32. The third kappa shape index (κ3) is 5.52. The van der Waals surface area contributed by atoms with Gasteiger partial charge in [-0.15, -0.1) is 0 Å². The van der Waals surface area contributed by atoms with Crippen LogP contribution >= 0.6 is 0 Å². The molecule has 0 aromatic heterocycles. The van der Waals surface area contributed by atoms with Crippen molar-refractivity contribution in [1.29, 1.82) is 0 Å². The number of piperazine rings is 1. The Morgan fingerprint density at radius 2 is 1.74 bits per heavy atom. The van der Waals surface area contributed by atoms with E-state index in [9.17, 15) is 9.18 Å². The Labute approximate surface area is 159 Å². The largest absolute Gasteiger partial charge is 0.497 e. The fraction of sp³-hybridized carbons (Fsp3) is 0.381. The minimum absolute atomic E-state index is 0.179. The highest BCUT2D eigenvalue weighted by Crippen LogP contribution is 2.16. The van der Waals surface area contributed by atoms with Gasteiger partial charge in [-0.2, -0.15) is 0 Å². The van der Waals surface area contributed by atoms with Gasteiger partial charge < -0.3 is 10.1 Å². The highest BCUT2D eigenvalue weighted by atomic mass is 19.1. The smallest absolute Gasteiger partial charge is 0.238 e. The van der Waals surface area contributed by atoms with Crippen molar-refractivity contribution in [3.8, 4) is 5.75 Å². The predicted octanol–water partition coefficient (Wildman–Crippen LogP) is 2.90. The molecule has 0 bridgehead atoms. The second-order valence-electron chi connectivity index (χ2n) is 6.93. The molecule has 5 nitrogen and oxygen atoms in total. The van der Waals surface area contributed by atoms with Gasteiger partial charge in [-0.05, 0) is 42.3 Å². The number of halogens is 1. The standard InChI is InChI=1S/C21H26FN3O2/c1-16-3-8-20(19(22)13-16)23-21(26)15-25-11-9-24(10-12-25)14-17-4-6-18(27-2)7-5-17/h3-8,13H,9-12,14-15H2,1-2H3,(H,23,26). The zero-order valence-corrected chi connectivity index (χ0v) is 15.9. The first-order chi connectivity index (χ1) is 13.0. The average molecular weight is 371 g/mol. The second kappa shape index (κ2) is 8.97. The number of carbonyl (C=O) groups excluding carboxylic acids is 1. The molecular formula is C21H26FN3O2. The van der Waals surface area contributed by atoms with Gasteiger partial charge in [0.05, 0.1) is 19.3 Å². The summed E-state index contributed by atoms with van der Waals surface area (Å²) < 4.78 is 19.0. The number of nitrogens with zero attached hydrogens (tertiary/aromatic N) is 2. The lowest BCUT2D eigenvalue weighted by Crippen LogP contribution is -2.48. The van der Waals surface area contributed by atoms with Crippen LogP contribution in [0.15, 0.2) is 42.5 Å². The fourth-order valence-corrected chi connectivity index (χ4v) is 3.21. The molecule has 1 amide bonds. The summed E-state index contributed by atoms with van der Waals surface area (Å²) in [4.78, 5) is 16.7. The SMILES string of the molecule is COc1ccc(CN2CCN(CC(=O)Nc3ccc(C)cc3F)CC2)cc1. The predicted molar refractivity (Wildman–Crippen MR) is 104 cm³/mol. The lowest BCUT2D eigenvalue weighted by atomic mass is 10.2. The normalized spacial score (nSPS) is 15.5. The van der Waals surface area contributed by atoms with E-state index in [2.05, 4.69) is 27.2 Å². The van der Waals surface area contributed by atoms with Gasteiger partial charge in [0.25, 0.3) is 0 Å². The number of nitrogens with one attached hydrogen (secondary N) is 1. The monoisotopic (exact) mass is 371 g/mol. The van der Waals surface area contributed by atoms with E-state index in [1.54, 1.807) is 19.2 Å². The summed E-state index contributed by atoms with van der Waals surface area (Å²) in [7, 11) is 1.66. The average Bonchev–Trinajstić information content (AvgIpc) is 2.66. The number of methoxy groups -OCH3 is 1. The number of ether oxygens (including phenoxy) is 1. The van der Waals surface area contributed by atoms with Gasteiger partial charge in [0.2, 0.25) is 5.91 Å². The fourth-order valence-electron chi connectivity index (χ4n) is 3.21. The van der Waals surface area contributed by atoms with E-state index in [0.29, 0.717) is 0 Å². The molecule has 1 aliphatic heterocycles. The maximum Gasteiger partial charge on any atom is 0.238 e. The van der Waals surface area contributed by atoms with Gasteiger partial charge >= 0.3 is 0 Å². The first-order valence-corrected chi connectivity index (χ1v) is 9.17. The van der Waals surface area contributed by atoms with Crippen molar-refractivity contribution < 1.29 is 13.9 Å². The number of benzene rings is 2. The molecule has 0 atom stereocenters. The molecule has 1 N–H and O–H groups in total. The molecule has 2 aromatic carbocycles. The Kier molecular flexibility index (Phi) is 6.42. The van der Waals surface area contributed by atoms with Gasteiger partial charge in [0.1, 0.15) is 11.6 Å². The molecular weight excluding hydrogens is 345 g/mol. The van der Waals surface area contributed by atoms with Gasteiger partial charge in [-0.3, -0.25) is 14.6 Å². The van der Waals surface area contributed by atoms with Crippen molar-refractivity contribution in [3.63, 3.8) is 0 Å². The van der Waals surface area contributed by atoms with Gasteiger partial charge in [0.15, 0.2) is 0 Å². The number of carbonyl (C=O) groups is 1. The summed E-state index contributed by atoms with van der Waals surface area (Å²) in [6.07, 6.45) is 0. The Balaban J connectivity index is 1.44. The molecule has 144 valence electrons. The Hall–Kier alpha value is -2.44. The van der Waals surface area contributed by atoms with Crippen molar-refractivity contribution in [2.75, 3.05) is 45.2 Å². The summed E-state index contributed by atoms with van der Waals surface area (Å²) in [6.45, 7) is 6.43. The zero-order valence-electron chi connectivity index (χ0n) is 15.9. The summed E-state index contributed by atoms with van der Waals surface area (Å²) in [5, 5.41) is 2.67. The van der Waals surface area contributed by atoms with E-state index in [1.165, 1.54) is 11.6 Å². The highest BCUT2D eigenvalue weighted by molar-refractivity contribution is 5.92. The van der Waals surface area contributed by atoms with Gasteiger partial charge in [-0.25, -0.2) is 4.39 Å². The van der Waals surface area contributed by atoms with Gasteiger partial charge in [0, 0.05) is 32.7 Å². The second-order valence-corrected chi connectivity index (χ2v) is 6.93. The number of hydrogen-bond donors (Lipinski definition) is 1. The van der Waals surface area contributed by atoms with E-state index >= 15 is 0 Å². The van der Waals surface area contributed by atoms with Crippen LogP contribution < -0.4 is 10.1 Å². The number of rotatable bonds is 6. The van der Waals surface area contributed by atoms with E-state index in [1.807, 2.05) is 19.1 Å². The van der Waals surface area contributed by atoms with Crippen LogP contribution in [0.5, 0.6) is 5.75 Å². The zero-order chi connectivity index (χ0) is 19.2. The molecule has 1 saturated heterocycles. The molecule has 1 fully saturated rings. The first kappa shape index (κ1) is 19.3. The maximum absolute atomic E-state index is 13.9. The Bertz CT molecular complexity index is 771. The molecule has 0 aliphatic carbocycles. The minimum atomic E-state index is -0.396. The molecule has 2 aromatic rings. The molecule has 6 heteroatoms. The molecule has 1 aliphatic rings. The van der Waals surface area contributed by atoms with E-state index < -0.39 is 5.82 Å². The Morgan fingerprint density at radius 3 is 2.37 bits per heavy atom. The third-order valence-corrected chi connectivity index (χ3v) is 4.80. The molecule has 0 unspecified atom stereocenters. The Morgan fingerprint density at radius 1 is 1.07 bits per heavy atom. The molecule has 1 heterocycles. The summed E-state index contributed by atoms with van der Waals surface area (Å²) in [5.74, 6) is 0.286. The van der Waals surface area contributed by atoms with Crippen molar-refractivity contribution >= 4 is 11.6 Å². The molecule has 0 spiro atoms. The molecule has 27 heavy (non-hydrogen) atoms. The van der Waals surface area contributed by atoms with Crippen LogP contribution in [0, 0.1) is 12.7 Å². The topological polar surface area (TPSA) is 44.8 Å². The first-order valence-electron chi connectivity index (χ1n) is 9.17. The quantitative estimate of drug-likeness (QED) is 0.848. The van der Waals surface area contributed by atoms with Crippen LogP contribution in [0.25, 0.3) is 0 Å². The summed E-state index contributed by atoms with van der Waals surface area (Å²) >= 11 is 0. The summed E-state index contributed by atoms with van der Waals surface area (Å²) in [6, 6.07) is 12.9. The van der Waals surface area contributed by atoms with Crippen molar-refractivity contribution in [1.82, 2.24) is 9.80 Å². The number of amides is 1. The van der Waals surface area contributed by atoms with E-state index in [4.69, 9.17) is 4.74 Å². The lowest BCUT2D eigenvalue weighted by Gasteiger charge is -2.34. The maximum atomic E-state index is 13.9.